The van der Waals surface area contributed by atoms with Crippen molar-refractivity contribution in [3.63, 3.8) is 0 Å². The summed E-state index contributed by atoms with van der Waals surface area (Å²) in [5.74, 6) is -17.8. The summed E-state index contributed by atoms with van der Waals surface area (Å²) in [5.41, 5.74) is 20.3. The molecule has 1 aliphatic heterocycles. The normalized spacial score (nSPS) is 23.1. The number of aromatic nitrogens is 2. The number of hydrogen-bond donors (Lipinski definition) is 22. The van der Waals surface area contributed by atoms with Crippen molar-refractivity contribution in [3.8, 4) is 0 Å². The Morgan fingerprint density at radius 3 is 1.52 bits per heavy atom. The summed E-state index contributed by atoms with van der Waals surface area (Å²) in [6, 6.07) is 8.32. The highest BCUT2D eigenvalue weighted by Crippen LogP contribution is 2.24. The number of unbranched alkanes of at least 4 members (excludes halogenated alkanes) is 2. The number of primary amides is 1. The van der Waals surface area contributed by atoms with E-state index in [2.05, 4.69) is 84.4 Å². The molecule has 7 rings (SSSR count). The van der Waals surface area contributed by atoms with Crippen LogP contribution in [0.4, 0.5) is 0 Å². The molecule has 1 saturated heterocycles. The van der Waals surface area contributed by atoms with Crippen molar-refractivity contribution >= 4 is 139 Å². The molecule has 0 aliphatic carbocycles. The Labute approximate surface area is 711 Å². The topological polar surface area (TPSA) is 598 Å². The average Bonchev–Trinajstić information content (AvgIpc) is 1.79. The molecule has 3 heterocycles. The van der Waals surface area contributed by atoms with Crippen molar-refractivity contribution in [3.05, 3.63) is 120 Å². The van der Waals surface area contributed by atoms with Gasteiger partial charge < -0.3 is 112 Å². The van der Waals surface area contributed by atoms with Gasteiger partial charge in [-0.1, -0.05) is 147 Å². The number of amides is 14. The lowest BCUT2D eigenvalue weighted by molar-refractivity contribution is -0.141. The van der Waals surface area contributed by atoms with Crippen molar-refractivity contribution in [2.45, 2.75) is 211 Å². The van der Waals surface area contributed by atoms with Gasteiger partial charge in [0.05, 0.1) is 25.3 Å². The Bertz CT molecular complexity index is 4670. The largest absolute Gasteiger partial charge is 0.481 e. The van der Waals surface area contributed by atoms with E-state index in [1.54, 1.807) is 109 Å². The number of nitrogens with two attached hydrogens (primary N) is 3. The third kappa shape index (κ3) is 29.9. The Balaban J connectivity index is 1.27. The SMILES string of the molecule is CCCC[C@@H]1NC(=O)[C@H](Cc2c[nH]c3ccccc23)NC(=O)[C@H](CC(=O)O)NC(=O)[C@H](CCCNC(=N)N)NC(=O)CNC(=O)[C@H](CO)NC(=O)[C@H]([C@@H](C)CC)NC(=O)[C@H](Cc2ccc3ccccc3c2)NC(=O)[C@H](CC(C)C)NC(=O)CSC[C@@H](C(N)=O)NC(=O)[C@H](C(C)C)NC(=O)[C@H](Cc2c[nH]c3ccccc23)NC(=O)[C@H](CCCCN)NC1=O. The highest BCUT2D eigenvalue weighted by Gasteiger charge is 2.39. The molecule has 25 N–H and O–H groups in total. The van der Waals surface area contributed by atoms with Crippen LogP contribution in [-0.4, -0.2) is 225 Å². The number of aliphatic hydroxyl groups is 1. The molecular formula is C84H118N20O17S. The van der Waals surface area contributed by atoms with Crippen LogP contribution in [0.1, 0.15) is 136 Å². The number of carbonyl (C=O) groups is 15. The number of benzene rings is 4. The van der Waals surface area contributed by atoms with E-state index in [-0.39, 0.29) is 89.0 Å². The number of carboxylic acid groups (broad SMARTS) is 1. The van der Waals surface area contributed by atoms with Crippen LogP contribution in [0.25, 0.3) is 32.6 Å². The number of fused-ring (bicyclic) bond motifs is 3. The molecule has 13 atom stereocenters. The van der Waals surface area contributed by atoms with Gasteiger partial charge in [0.1, 0.15) is 72.5 Å². The van der Waals surface area contributed by atoms with Crippen LogP contribution in [-0.2, 0) is 91.2 Å². The van der Waals surface area contributed by atoms with Gasteiger partial charge in [0.2, 0.25) is 82.7 Å². The number of carboxylic acids is 1. The number of guanidine groups is 1. The lowest BCUT2D eigenvalue weighted by Crippen LogP contribution is -2.61. The van der Waals surface area contributed by atoms with Crippen LogP contribution < -0.4 is 91.6 Å². The fraction of sp³-hybridized carbons (Fsp3) is 0.500. The molecule has 0 unspecified atom stereocenters. The van der Waals surface area contributed by atoms with Gasteiger partial charge in [0.25, 0.3) is 0 Å². The number of H-pyrrole nitrogens is 2. The zero-order valence-electron chi connectivity index (χ0n) is 69.8. The summed E-state index contributed by atoms with van der Waals surface area (Å²) in [6.07, 6.45) is 2.76. The molecule has 1 aliphatic rings. The number of aromatic amines is 2. The number of aliphatic carboxylic acids is 1. The van der Waals surface area contributed by atoms with Gasteiger partial charge >= 0.3 is 5.97 Å². The van der Waals surface area contributed by atoms with E-state index in [9.17, 15) is 63.0 Å². The predicted octanol–water partition coefficient (Wildman–Crippen LogP) is -0.206. The molecule has 0 saturated carbocycles. The van der Waals surface area contributed by atoms with Gasteiger partial charge in [0.15, 0.2) is 5.96 Å². The molecule has 4 aromatic carbocycles. The Kier molecular flexibility index (Phi) is 38.4. The van der Waals surface area contributed by atoms with E-state index >= 15 is 19.2 Å². The Morgan fingerprint density at radius 2 is 0.984 bits per heavy atom. The number of rotatable bonds is 26. The minimum atomic E-state index is -2.00. The summed E-state index contributed by atoms with van der Waals surface area (Å²) in [6.45, 7) is 10.1. The maximum Gasteiger partial charge on any atom is 0.305 e. The van der Waals surface area contributed by atoms with Crippen molar-refractivity contribution in [2.24, 2.45) is 35.0 Å². The van der Waals surface area contributed by atoms with Crippen molar-refractivity contribution in [2.75, 3.05) is 37.7 Å². The summed E-state index contributed by atoms with van der Waals surface area (Å²) in [7, 11) is 0. The fourth-order valence-electron chi connectivity index (χ4n) is 13.9. The minimum absolute atomic E-state index is 0.0102. The van der Waals surface area contributed by atoms with E-state index in [0.717, 1.165) is 22.5 Å². The molecule has 14 amide bonds. The first-order valence-electron chi connectivity index (χ1n) is 41.2. The molecule has 0 bridgehead atoms. The zero-order valence-corrected chi connectivity index (χ0v) is 70.6. The number of para-hydroxylation sites is 2. The van der Waals surface area contributed by atoms with E-state index in [1.807, 2.05) is 43.3 Å². The molecule has 38 heteroatoms. The highest BCUT2D eigenvalue weighted by molar-refractivity contribution is 8.00. The molecule has 122 heavy (non-hydrogen) atoms. The maximum absolute atomic E-state index is 15.2. The molecule has 1 fully saturated rings. The number of carbonyl (C=O) groups excluding carboxylic acids is 14. The summed E-state index contributed by atoms with van der Waals surface area (Å²) < 4.78 is 0. The van der Waals surface area contributed by atoms with Crippen LogP contribution in [0.2, 0.25) is 0 Å². The first-order chi connectivity index (χ1) is 58.2. The molecule has 6 aromatic rings. The van der Waals surface area contributed by atoms with Crippen LogP contribution >= 0.6 is 11.8 Å². The molecule has 0 radical (unpaired) electrons. The quantitative estimate of drug-likeness (QED) is 0.0190. The van der Waals surface area contributed by atoms with E-state index in [4.69, 9.17) is 22.6 Å². The van der Waals surface area contributed by atoms with Crippen molar-refractivity contribution < 1.29 is 82.1 Å². The maximum atomic E-state index is 15.2. The van der Waals surface area contributed by atoms with Crippen molar-refractivity contribution in [1.82, 2.24) is 84.4 Å². The molecule has 37 nitrogen and oxygen atoms in total. The predicted molar refractivity (Wildman–Crippen MR) is 459 cm³/mol. The number of aliphatic hydroxyl groups excluding tert-OH is 1. The Hall–Kier alpha value is -12.2. The van der Waals surface area contributed by atoms with E-state index in [0.29, 0.717) is 57.8 Å². The van der Waals surface area contributed by atoms with Gasteiger partial charge in [-0.2, -0.15) is 0 Å². The lowest BCUT2D eigenvalue weighted by atomic mass is 9.96. The van der Waals surface area contributed by atoms with E-state index in [1.165, 1.54) is 0 Å². The smallest absolute Gasteiger partial charge is 0.305 e. The lowest BCUT2D eigenvalue weighted by Gasteiger charge is -2.29. The number of hydrogen-bond acceptors (Lipinski definition) is 19. The van der Waals surface area contributed by atoms with Gasteiger partial charge in [0, 0.05) is 65.8 Å². The van der Waals surface area contributed by atoms with Gasteiger partial charge in [-0.3, -0.25) is 77.3 Å². The second-order valence-electron chi connectivity index (χ2n) is 31.3. The molecule has 662 valence electrons. The second kappa shape index (κ2) is 48.3. The fourth-order valence-corrected chi connectivity index (χ4v) is 14.8. The van der Waals surface area contributed by atoms with Crippen LogP contribution in [0.15, 0.2) is 103 Å². The van der Waals surface area contributed by atoms with E-state index < -0.39 is 204 Å². The minimum Gasteiger partial charge on any atom is -0.481 e. The first-order valence-corrected chi connectivity index (χ1v) is 42.3. The molecule has 2 aromatic heterocycles. The monoisotopic (exact) mass is 1710 g/mol. The number of nitrogens with one attached hydrogen (secondary N) is 17. The third-order valence-corrected chi connectivity index (χ3v) is 21.9. The van der Waals surface area contributed by atoms with Crippen molar-refractivity contribution in [1.29, 1.82) is 5.41 Å². The van der Waals surface area contributed by atoms with Crippen LogP contribution in [0.3, 0.4) is 0 Å². The third-order valence-electron chi connectivity index (χ3n) is 20.9. The summed E-state index contributed by atoms with van der Waals surface area (Å²) in [5, 5.41) is 68.2. The molecule has 0 spiro atoms. The second-order valence-corrected chi connectivity index (χ2v) is 32.3. The van der Waals surface area contributed by atoms with Crippen LogP contribution in [0, 0.1) is 23.2 Å². The molecular weight excluding hydrogens is 1590 g/mol. The summed E-state index contributed by atoms with van der Waals surface area (Å²) in [4.78, 5) is 223. The highest BCUT2D eigenvalue weighted by atomic mass is 32.2. The van der Waals surface area contributed by atoms with Gasteiger partial charge in [-0.05, 0) is 109 Å². The number of thioether (sulfide) groups is 1. The summed E-state index contributed by atoms with van der Waals surface area (Å²) >= 11 is 0.873. The standard InChI is InChI=1S/C84H118N20O17S/c1-8-10-24-58-75(113)95-59(27-17-18-31-85)76(114)98-63(37-52-40-91-56-26-16-14-23-54(52)56)81(119)103-70(46(5)6)82(120)102-66(72(86)110)43-122-44-68(107)94-60(33-45(3)4)77(115)97-61(35-48-29-30-49-20-11-12-21-50(49)34-48)80(118)104-71(47(7)9-2)83(121)101-65(42-105)73(111)92-41-67(106)93-57(28-19-32-89-84(87)88)74(112)100-64(38-69(108)109)79(117)99-62(78(116)96-58)36-51-39-90-55-25-15-13-22-53(51)55/h11-16,20-23,25-26,29-30,34,39-40,45-47,57-66,70-71,90-91,105H,8-10,17-19,24,27-28,31-33,35-38,41-44,85H2,1-7H3,(H2,86,110)(H,92,111)(H,93,106)(H,94,107)(H,95,113)(H,96,116)(H,97,115)(H,98,114)(H,99,117)(H,100,112)(H,101,121)(H,102,120)(H,103,119)(H,104,118)(H,108,109)(H4,87,88,89)/t47-,57-,58-,59-,60-,61-,62-,63-,64-,65-,66-,70-,71-/m0/s1. The van der Waals surface area contributed by atoms with Gasteiger partial charge in [-0.15, -0.1) is 11.8 Å². The van der Waals surface area contributed by atoms with Crippen LogP contribution in [0.5, 0.6) is 0 Å². The first kappa shape index (κ1) is 96.9. The zero-order chi connectivity index (χ0) is 89.3. The van der Waals surface area contributed by atoms with Gasteiger partial charge in [-0.25, -0.2) is 0 Å². The average molecular weight is 1710 g/mol. The Morgan fingerprint density at radius 1 is 0.508 bits per heavy atom.